The van der Waals surface area contributed by atoms with E-state index in [9.17, 15) is 9.50 Å². The summed E-state index contributed by atoms with van der Waals surface area (Å²) in [6.45, 7) is -0.00996. The van der Waals surface area contributed by atoms with E-state index in [2.05, 4.69) is 15.9 Å². The predicted molar refractivity (Wildman–Crippen MR) is 77.3 cm³/mol. The summed E-state index contributed by atoms with van der Waals surface area (Å²) in [7, 11) is 1.59. The number of halogens is 2. The highest BCUT2D eigenvalue weighted by Gasteiger charge is 2.08. The van der Waals surface area contributed by atoms with Gasteiger partial charge in [0.05, 0.1) is 13.7 Å². The van der Waals surface area contributed by atoms with E-state index < -0.39 is 5.82 Å². The van der Waals surface area contributed by atoms with Gasteiger partial charge in [-0.3, -0.25) is 0 Å². The minimum absolute atomic E-state index is 0.265. The van der Waals surface area contributed by atoms with Crippen molar-refractivity contribution in [3.8, 4) is 11.5 Å². The lowest BCUT2D eigenvalue weighted by atomic mass is 10.2. The van der Waals surface area contributed by atoms with Gasteiger partial charge in [0.25, 0.3) is 0 Å². The molecule has 0 saturated heterocycles. The highest BCUT2D eigenvalue weighted by Crippen LogP contribution is 2.26. The van der Waals surface area contributed by atoms with Crippen LogP contribution in [-0.2, 0) is 13.2 Å². The molecule has 106 valence electrons. The first-order valence-electron chi connectivity index (χ1n) is 5.98. The lowest BCUT2D eigenvalue weighted by molar-refractivity contribution is 0.256. The average molecular weight is 341 g/mol. The number of ether oxygens (including phenoxy) is 2. The molecular formula is C15H14BrFO3. The molecule has 0 bridgehead atoms. The van der Waals surface area contributed by atoms with Crippen LogP contribution in [-0.4, -0.2) is 12.2 Å². The van der Waals surface area contributed by atoms with E-state index in [4.69, 9.17) is 9.47 Å². The molecule has 0 heterocycles. The molecule has 2 rings (SSSR count). The minimum Gasteiger partial charge on any atom is -0.496 e. The zero-order valence-electron chi connectivity index (χ0n) is 10.9. The van der Waals surface area contributed by atoms with Crippen molar-refractivity contribution >= 4 is 15.9 Å². The first-order chi connectivity index (χ1) is 9.63. The van der Waals surface area contributed by atoms with Gasteiger partial charge in [0, 0.05) is 15.6 Å². The molecule has 0 aliphatic carbocycles. The van der Waals surface area contributed by atoms with Gasteiger partial charge in [0.15, 0.2) is 0 Å². The summed E-state index contributed by atoms with van der Waals surface area (Å²) >= 11 is 3.39. The molecule has 0 aliphatic rings. The molecular weight excluding hydrogens is 327 g/mol. The summed E-state index contributed by atoms with van der Waals surface area (Å²) in [5.41, 5.74) is 1.27. The number of hydrogen-bond donors (Lipinski definition) is 1. The Labute approximate surface area is 125 Å². The van der Waals surface area contributed by atoms with Crippen LogP contribution in [0.15, 0.2) is 40.9 Å². The number of rotatable bonds is 5. The maximum absolute atomic E-state index is 13.1. The highest BCUT2D eigenvalue weighted by atomic mass is 79.9. The second kappa shape index (κ2) is 6.72. The number of aliphatic hydroxyl groups excluding tert-OH is 1. The Morgan fingerprint density at radius 1 is 1.10 bits per heavy atom. The summed E-state index contributed by atoms with van der Waals surface area (Å²) in [6, 6.07) is 9.66. The molecule has 0 radical (unpaired) electrons. The Morgan fingerprint density at radius 2 is 1.85 bits per heavy atom. The third-order valence-electron chi connectivity index (χ3n) is 2.82. The standard InChI is InChI=1S/C15H14BrFO3/c1-19-14-4-2-12(16)6-11(14)9-20-15-5-3-13(17)7-10(15)8-18/h2-7,18H,8-9H2,1H3. The number of benzene rings is 2. The van der Waals surface area contributed by atoms with E-state index in [0.717, 1.165) is 10.0 Å². The van der Waals surface area contributed by atoms with E-state index in [1.165, 1.54) is 18.2 Å². The van der Waals surface area contributed by atoms with Crippen LogP contribution in [0.1, 0.15) is 11.1 Å². The van der Waals surface area contributed by atoms with Crippen LogP contribution in [0.3, 0.4) is 0 Å². The van der Waals surface area contributed by atoms with E-state index in [-0.39, 0.29) is 13.2 Å². The van der Waals surface area contributed by atoms with Crippen molar-refractivity contribution in [2.75, 3.05) is 7.11 Å². The fourth-order valence-corrected chi connectivity index (χ4v) is 2.24. The zero-order chi connectivity index (χ0) is 14.5. The van der Waals surface area contributed by atoms with Crippen LogP contribution >= 0.6 is 15.9 Å². The number of methoxy groups -OCH3 is 1. The normalized spacial score (nSPS) is 10.4. The molecule has 0 aliphatic heterocycles. The Morgan fingerprint density at radius 3 is 2.55 bits per heavy atom. The summed E-state index contributed by atoms with van der Waals surface area (Å²) in [4.78, 5) is 0. The Kier molecular flexibility index (Phi) is 4.98. The van der Waals surface area contributed by atoms with Gasteiger partial charge in [-0.1, -0.05) is 15.9 Å². The fourth-order valence-electron chi connectivity index (χ4n) is 1.83. The Balaban J connectivity index is 2.18. The Hall–Kier alpha value is -1.59. The molecule has 3 nitrogen and oxygen atoms in total. The lowest BCUT2D eigenvalue weighted by Gasteiger charge is -2.13. The van der Waals surface area contributed by atoms with Crippen molar-refractivity contribution < 1.29 is 19.0 Å². The molecule has 0 unspecified atom stereocenters. The van der Waals surface area contributed by atoms with Gasteiger partial charge in [0.2, 0.25) is 0 Å². The molecule has 5 heteroatoms. The van der Waals surface area contributed by atoms with Crippen molar-refractivity contribution in [2.45, 2.75) is 13.2 Å². The topological polar surface area (TPSA) is 38.7 Å². The van der Waals surface area contributed by atoms with Crippen molar-refractivity contribution in [1.82, 2.24) is 0 Å². The maximum atomic E-state index is 13.1. The Bertz CT molecular complexity index is 602. The van der Waals surface area contributed by atoms with E-state index in [1.54, 1.807) is 7.11 Å². The van der Waals surface area contributed by atoms with Crippen LogP contribution in [0, 0.1) is 5.82 Å². The predicted octanol–water partition coefficient (Wildman–Crippen LogP) is 3.67. The minimum atomic E-state index is -0.401. The van der Waals surface area contributed by atoms with Gasteiger partial charge in [0.1, 0.15) is 23.9 Å². The van der Waals surface area contributed by atoms with Gasteiger partial charge < -0.3 is 14.6 Å². The third-order valence-corrected chi connectivity index (χ3v) is 3.31. The second-order valence-electron chi connectivity index (χ2n) is 4.16. The van der Waals surface area contributed by atoms with Crippen molar-refractivity contribution in [3.05, 3.63) is 57.8 Å². The van der Waals surface area contributed by atoms with Crippen LogP contribution in [0.2, 0.25) is 0 Å². The summed E-state index contributed by atoms with van der Waals surface area (Å²) < 4.78 is 24.9. The van der Waals surface area contributed by atoms with Gasteiger partial charge in [-0.2, -0.15) is 0 Å². The lowest BCUT2D eigenvalue weighted by Crippen LogP contribution is -2.01. The van der Waals surface area contributed by atoms with Gasteiger partial charge >= 0.3 is 0 Å². The molecule has 0 spiro atoms. The monoisotopic (exact) mass is 340 g/mol. The number of aliphatic hydroxyl groups is 1. The largest absolute Gasteiger partial charge is 0.496 e. The van der Waals surface area contributed by atoms with Crippen LogP contribution in [0.4, 0.5) is 4.39 Å². The molecule has 2 aromatic carbocycles. The van der Waals surface area contributed by atoms with Crippen molar-refractivity contribution in [3.63, 3.8) is 0 Å². The maximum Gasteiger partial charge on any atom is 0.125 e. The quantitative estimate of drug-likeness (QED) is 0.902. The smallest absolute Gasteiger partial charge is 0.125 e. The number of hydrogen-bond acceptors (Lipinski definition) is 3. The third kappa shape index (κ3) is 3.49. The summed E-state index contributed by atoms with van der Waals surface area (Å²) in [5, 5.41) is 9.21. The molecule has 0 saturated carbocycles. The molecule has 0 aromatic heterocycles. The van der Waals surface area contributed by atoms with E-state index in [0.29, 0.717) is 17.1 Å². The van der Waals surface area contributed by atoms with Crippen LogP contribution < -0.4 is 9.47 Å². The second-order valence-corrected chi connectivity index (χ2v) is 5.07. The molecule has 2 aromatic rings. The van der Waals surface area contributed by atoms with Gasteiger partial charge in [-0.05, 0) is 36.4 Å². The SMILES string of the molecule is COc1ccc(Br)cc1COc1ccc(F)cc1CO. The molecule has 0 atom stereocenters. The molecule has 0 fully saturated rings. The zero-order valence-corrected chi connectivity index (χ0v) is 12.5. The van der Waals surface area contributed by atoms with Gasteiger partial charge in [-0.25, -0.2) is 4.39 Å². The van der Waals surface area contributed by atoms with Crippen molar-refractivity contribution in [1.29, 1.82) is 0 Å². The molecule has 1 N–H and O–H groups in total. The fraction of sp³-hybridized carbons (Fsp3) is 0.200. The van der Waals surface area contributed by atoms with Crippen LogP contribution in [0.5, 0.6) is 11.5 Å². The van der Waals surface area contributed by atoms with E-state index >= 15 is 0 Å². The van der Waals surface area contributed by atoms with Gasteiger partial charge in [-0.15, -0.1) is 0 Å². The summed E-state index contributed by atoms with van der Waals surface area (Å²) in [6.07, 6.45) is 0. The average Bonchev–Trinajstić information content (AvgIpc) is 2.46. The molecule has 20 heavy (non-hydrogen) atoms. The van der Waals surface area contributed by atoms with E-state index in [1.807, 2.05) is 18.2 Å². The first kappa shape index (κ1) is 14.8. The van der Waals surface area contributed by atoms with Crippen molar-refractivity contribution in [2.24, 2.45) is 0 Å². The molecule has 0 amide bonds. The summed E-state index contributed by atoms with van der Waals surface area (Å²) in [5.74, 6) is 0.762. The highest BCUT2D eigenvalue weighted by molar-refractivity contribution is 9.10. The van der Waals surface area contributed by atoms with Crippen LogP contribution in [0.25, 0.3) is 0 Å². The first-order valence-corrected chi connectivity index (χ1v) is 6.78.